The number of nitro groups is 1. The van der Waals surface area contributed by atoms with E-state index in [4.69, 9.17) is 0 Å². The lowest BCUT2D eigenvalue weighted by Crippen LogP contribution is -2.18. The molecule has 0 spiro atoms. The minimum atomic E-state index is -1.21. The van der Waals surface area contributed by atoms with E-state index in [9.17, 15) is 10.1 Å². The number of ether oxygens (including phenoxy) is 2. The van der Waals surface area contributed by atoms with Crippen LogP contribution in [0.25, 0.3) is 0 Å². The second-order valence-corrected chi connectivity index (χ2v) is 1.33. The summed E-state index contributed by atoms with van der Waals surface area (Å²) in [5, 5.41) is 9.76. The molecule has 1 aliphatic heterocycles. The first-order valence-electron chi connectivity index (χ1n) is 2.17. The SMILES string of the molecule is O=[N+]([O-])C1OCCO1. The van der Waals surface area contributed by atoms with Gasteiger partial charge in [-0.2, -0.15) is 0 Å². The minimum absolute atomic E-state index is 0.325. The average Bonchev–Trinajstić information content (AvgIpc) is 2.12. The molecule has 0 bridgehead atoms. The summed E-state index contributed by atoms with van der Waals surface area (Å²) >= 11 is 0. The van der Waals surface area contributed by atoms with E-state index in [1.165, 1.54) is 0 Å². The van der Waals surface area contributed by atoms with Gasteiger partial charge in [0.25, 0.3) is 0 Å². The van der Waals surface area contributed by atoms with E-state index in [1.54, 1.807) is 0 Å². The molecule has 0 N–H and O–H groups in total. The smallest absolute Gasteiger partial charge is 0.291 e. The molecule has 1 aliphatic rings. The molecule has 1 saturated heterocycles. The highest BCUT2D eigenvalue weighted by Crippen LogP contribution is 2.02. The molecule has 8 heavy (non-hydrogen) atoms. The standard InChI is InChI=1S/C3H5NO4/c5-4(6)3-7-1-2-8-3/h3H,1-2H2. The van der Waals surface area contributed by atoms with Crippen molar-refractivity contribution < 1.29 is 14.4 Å². The Morgan fingerprint density at radius 1 is 1.50 bits per heavy atom. The van der Waals surface area contributed by atoms with Crippen LogP contribution in [0.5, 0.6) is 0 Å². The van der Waals surface area contributed by atoms with Gasteiger partial charge in [0.2, 0.25) is 0 Å². The largest absolute Gasteiger partial charge is 0.432 e. The highest BCUT2D eigenvalue weighted by Gasteiger charge is 2.26. The lowest BCUT2D eigenvalue weighted by Gasteiger charge is -1.95. The predicted molar refractivity (Wildman–Crippen MR) is 22.7 cm³/mol. The van der Waals surface area contributed by atoms with Gasteiger partial charge in [0.15, 0.2) is 0 Å². The van der Waals surface area contributed by atoms with E-state index in [-0.39, 0.29) is 0 Å². The van der Waals surface area contributed by atoms with Crippen LogP contribution in [0.2, 0.25) is 0 Å². The van der Waals surface area contributed by atoms with Gasteiger partial charge in [-0.05, 0) is 0 Å². The van der Waals surface area contributed by atoms with Crippen LogP contribution in [0.3, 0.4) is 0 Å². The Bertz CT molecular complexity index is 97.5. The van der Waals surface area contributed by atoms with Crippen LogP contribution in [0.1, 0.15) is 0 Å². The molecule has 5 nitrogen and oxygen atoms in total. The first-order chi connectivity index (χ1) is 3.80. The lowest BCUT2D eigenvalue weighted by molar-refractivity contribution is -0.617. The summed E-state index contributed by atoms with van der Waals surface area (Å²) in [5.41, 5.74) is 0. The number of hydrogen-bond donors (Lipinski definition) is 0. The fourth-order valence-electron chi connectivity index (χ4n) is 0.468. The molecular formula is C3H5NO4. The Labute approximate surface area is 45.3 Å². The highest BCUT2D eigenvalue weighted by molar-refractivity contribution is 4.36. The van der Waals surface area contributed by atoms with Crippen molar-refractivity contribution >= 4 is 0 Å². The van der Waals surface area contributed by atoms with E-state index in [1.807, 2.05) is 0 Å². The van der Waals surface area contributed by atoms with Crippen molar-refractivity contribution in [3.63, 3.8) is 0 Å². The third-order valence-corrected chi connectivity index (χ3v) is 0.776. The van der Waals surface area contributed by atoms with E-state index in [0.29, 0.717) is 13.2 Å². The first kappa shape index (κ1) is 5.46. The van der Waals surface area contributed by atoms with Gasteiger partial charge in [-0.25, -0.2) is 0 Å². The molecule has 46 valence electrons. The monoisotopic (exact) mass is 119 g/mol. The second-order valence-electron chi connectivity index (χ2n) is 1.33. The van der Waals surface area contributed by atoms with E-state index < -0.39 is 11.3 Å². The summed E-state index contributed by atoms with van der Waals surface area (Å²) in [7, 11) is 0. The summed E-state index contributed by atoms with van der Waals surface area (Å²) in [6, 6.07) is 0. The molecule has 0 radical (unpaired) electrons. The topological polar surface area (TPSA) is 61.6 Å². The van der Waals surface area contributed by atoms with Crippen LogP contribution in [0, 0.1) is 10.1 Å². The molecule has 5 heteroatoms. The number of nitrogens with zero attached hydrogens (tertiary/aromatic N) is 1. The van der Waals surface area contributed by atoms with Gasteiger partial charge in [0, 0.05) is 0 Å². The van der Waals surface area contributed by atoms with Gasteiger partial charge >= 0.3 is 6.41 Å². The maximum absolute atomic E-state index is 9.76. The van der Waals surface area contributed by atoms with Crippen LogP contribution >= 0.6 is 0 Å². The molecule has 0 atom stereocenters. The molecule has 0 aliphatic carbocycles. The molecule has 0 unspecified atom stereocenters. The zero-order valence-corrected chi connectivity index (χ0v) is 4.07. The normalized spacial score (nSPS) is 21.5. The van der Waals surface area contributed by atoms with Crippen LogP contribution in [-0.2, 0) is 9.47 Å². The molecule has 1 heterocycles. The predicted octanol–water partition coefficient (Wildman–Crippen LogP) is -0.407. The van der Waals surface area contributed by atoms with Gasteiger partial charge in [-0.3, -0.25) is 19.6 Å². The van der Waals surface area contributed by atoms with Crippen molar-refractivity contribution in [2.75, 3.05) is 13.2 Å². The molecule has 1 rings (SSSR count). The van der Waals surface area contributed by atoms with Gasteiger partial charge in [0.1, 0.15) is 0 Å². The molecular weight excluding hydrogens is 114 g/mol. The van der Waals surface area contributed by atoms with Crippen LogP contribution < -0.4 is 0 Å². The minimum Gasteiger partial charge on any atom is -0.291 e. The summed E-state index contributed by atoms with van der Waals surface area (Å²) in [5.74, 6) is 0. The average molecular weight is 119 g/mol. The number of hydrogen-bond acceptors (Lipinski definition) is 4. The van der Waals surface area contributed by atoms with E-state index in [0.717, 1.165) is 0 Å². The third-order valence-electron chi connectivity index (χ3n) is 0.776. The van der Waals surface area contributed by atoms with E-state index >= 15 is 0 Å². The van der Waals surface area contributed by atoms with Gasteiger partial charge in [-0.15, -0.1) is 0 Å². The Balaban J connectivity index is 2.35. The van der Waals surface area contributed by atoms with Gasteiger partial charge in [-0.1, -0.05) is 0 Å². The quantitative estimate of drug-likeness (QED) is 0.348. The Morgan fingerprint density at radius 3 is 2.25 bits per heavy atom. The molecule has 0 aromatic heterocycles. The van der Waals surface area contributed by atoms with Crippen molar-refractivity contribution in [1.82, 2.24) is 0 Å². The zero-order chi connectivity index (χ0) is 5.98. The Morgan fingerprint density at radius 2 is 2.00 bits per heavy atom. The van der Waals surface area contributed by atoms with Gasteiger partial charge < -0.3 is 0 Å². The van der Waals surface area contributed by atoms with Crippen LogP contribution in [0.4, 0.5) is 0 Å². The summed E-state index contributed by atoms with van der Waals surface area (Å²) in [6.07, 6.45) is -1.21. The molecule has 0 saturated carbocycles. The van der Waals surface area contributed by atoms with E-state index in [2.05, 4.69) is 9.47 Å². The van der Waals surface area contributed by atoms with Crippen molar-refractivity contribution in [3.05, 3.63) is 10.1 Å². The van der Waals surface area contributed by atoms with Crippen molar-refractivity contribution in [3.8, 4) is 0 Å². The van der Waals surface area contributed by atoms with Crippen molar-refractivity contribution in [2.24, 2.45) is 0 Å². The van der Waals surface area contributed by atoms with Crippen LogP contribution in [-0.4, -0.2) is 24.6 Å². The Hall–Kier alpha value is -0.680. The van der Waals surface area contributed by atoms with Gasteiger partial charge in [0.05, 0.1) is 18.1 Å². The van der Waals surface area contributed by atoms with Crippen LogP contribution in [0.15, 0.2) is 0 Å². The summed E-state index contributed by atoms with van der Waals surface area (Å²) < 4.78 is 8.99. The molecule has 0 aromatic rings. The Kier molecular flexibility index (Phi) is 1.40. The fraction of sp³-hybridized carbons (Fsp3) is 1.00. The summed E-state index contributed by atoms with van der Waals surface area (Å²) in [4.78, 5) is 9.15. The van der Waals surface area contributed by atoms with Crippen molar-refractivity contribution in [2.45, 2.75) is 6.41 Å². The van der Waals surface area contributed by atoms with Crippen molar-refractivity contribution in [1.29, 1.82) is 0 Å². The molecule has 0 amide bonds. The third kappa shape index (κ3) is 0.932. The molecule has 0 aromatic carbocycles. The second kappa shape index (κ2) is 2.06. The summed E-state index contributed by atoms with van der Waals surface area (Å²) in [6.45, 7) is 0.650. The number of rotatable bonds is 1. The molecule has 1 fully saturated rings. The maximum Gasteiger partial charge on any atom is 0.432 e. The highest BCUT2D eigenvalue weighted by atomic mass is 16.8. The zero-order valence-electron chi connectivity index (χ0n) is 4.07. The maximum atomic E-state index is 9.76. The lowest BCUT2D eigenvalue weighted by atomic mass is 10.8. The fourth-order valence-corrected chi connectivity index (χ4v) is 0.468. The first-order valence-corrected chi connectivity index (χ1v) is 2.17.